The van der Waals surface area contributed by atoms with Gasteiger partial charge in [-0.05, 0) is 11.6 Å². The molecule has 0 fully saturated rings. The Kier molecular flexibility index (Phi) is 3.72. The monoisotopic (exact) mass is 248 g/mol. The molecule has 0 N–H and O–H groups in total. The summed E-state index contributed by atoms with van der Waals surface area (Å²) in [5.74, 6) is 0.141. The van der Waals surface area contributed by atoms with E-state index in [-0.39, 0.29) is 11.8 Å². The molecule has 94 valence electrons. The second-order valence-corrected chi connectivity index (χ2v) is 3.66. The molecule has 0 radical (unpaired) electrons. The molecule has 2 aromatic rings. The van der Waals surface area contributed by atoms with Gasteiger partial charge in [-0.15, -0.1) is 0 Å². The van der Waals surface area contributed by atoms with E-state index in [2.05, 4.69) is 9.97 Å². The average molecular weight is 248 g/mol. The molecule has 0 saturated heterocycles. The summed E-state index contributed by atoms with van der Waals surface area (Å²) in [6.07, 6.45) is 0.363. The molecule has 0 unspecified atom stereocenters. The van der Waals surface area contributed by atoms with Crippen LogP contribution >= 0.6 is 0 Å². The van der Waals surface area contributed by atoms with Crippen molar-refractivity contribution in [1.29, 1.82) is 0 Å². The van der Waals surface area contributed by atoms with Crippen molar-refractivity contribution >= 4 is 0 Å². The second-order valence-electron chi connectivity index (χ2n) is 3.66. The van der Waals surface area contributed by atoms with E-state index in [0.717, 1.165) is 0 Å². The summed E-state index contributed by atoms with van der Waals surface area (Å²) in [6, 6.07) is 8.45. The number of hydrogen-bond donors (Lipinski definition) is 0. The molecule has 0 bridgehead atoms. The summed E-state index contributed by atoms with van der Waals surface area (Å²) in [4.78, 5) is 8.14. The smallest absolute Gasteiger partial charge is 0.319 e. The van der Waals surface area contributed by atoms with Crippen molar-refractivity contribution in [3.05, 3.63) is 47.4 Å². The fourth-order valence-electron chi connectivity index (χ4n) is 1.57. The maximum atomic E-state index is 13.5. The minimum absolute atomic E-state index is 0.209. The highest BCUT2D eigenvalue weighted by Gasteiger charge is 2.08. The van der Waals surface area contributed by atoms with Crippen LogP contribution in [0, 0.1) is 5.82 Å². The summed E-state index contributed by atoms with van der Waals surface area (Å²) >= 11 is 0. The fourth-order valence-corrected chi connectivity index (χ4v) is 1.57. The lowest BCUT2D eigenvalue weighted by Crippen LogP contribution is -2.01. The van der Waals surface area contributed by atoms with Gasteiger partial charge in [0.15, 0.2) is 0 Å². The van der Waals surface area contributed by atoms with Crippen LogP contribution in [0.4, 0.5) is 4.39 Å². The van der Waals surface area contributed by atoms with Gasteiger partial charge >= 0.3 is 6.01 Å². The number of rotatable bonds is 4. The lowest BCUT2D eigenvalue weighted by Gasteiger charge is -2.06. The molecule has 0 aliphatic rings. The van der Waals surface area contributed by atoms with Crippen LogP contribution < -0.4 is 9.47 Å². The van der Waals surface area contributed by atoms with Crippen LogP contribution in [0.1, 0.15) is 11.3 Å². The number of ether oxygens (including phenoxy) is 2. The molecule has 0 atom stereocenters. The Morgan fingerprint density at radius 1 is 1.11 bits per heavy atom. The van der Waals surface area contributed by atoms with Gasteiger partial charge in [0.25, 0.3) is 0 Å². The molecule has 1 heterocycles. The van der Waals surface area contributed by atoms with Crippen molar-refractivity contribution in [2.75, 3.05) is 14.2 Å². The van der Waals surface area contributed by atoms with Crippen molar-refractivity contribution in [2.45, 2.75) is 6.42 Å². The lowest BCUT2D eigenvalue weighted by atomic mass is 10.1. The summed E-state index contributed by atoms with van der Waals surface area (Å²) in [5.41, 5.74) is 1.21. The zero-order chi connectivity index (χ0) is 13.0. The second kappa shape index (κ2) is 5.44. The Balaban J connectivity index is 2.31. The van der Waals surface area contributed by atoms with Crippen molar-refractivity contribution < 1.29 is 13.9 Å². The normalized spacial score (nSPS) is 10.2. The van der Waals surface area contributed by atoms with Gasteiger partial charge in [0.1, 0.15) is 5.82 Å². The van der Waals surface area contributed by atoms with Gasteiger partial charge < -0.3 is 9.47 Å². The minimum Gasteiger partial charge on any atom is -0.481 e. The van der Waals surface area contributed by atoms with E-state index in [9.17, 15) is 4.39 Å². The van der Waals surface area contributed by atoms with E-state index in [1.165, 1.54) is 20.3 Å². The Hall–Kier alpha value is -2.17. The number of aromatic nitrogens is 2. The SMILES string of the molecule is COc1cc(Cc2ccccc2F)nc(OC)n1. The largest absolute Gasteiger partial charge is 0.481 e. The van der Waals surface area contributed by atoms with Crippen molar-refractivity contribution in [3.63, 3.8) is 0 Å². The van der Waals surface area contributed by atoms with Crippen LogP contribution in [-0.2, 0) is 6.42 Å². The van der Waals surface area contributed by atoms with E-state index >= 15 is 0 Å². The number of halogens is 1. The summed E-state index contributed by atoms with van der Waals surface area (Å²) < 4.78 is 23.5. The van der Waals surface area contributed by atoms with E-state index in [1.54, 1.807) is 24.3 Å². The first-order chi connectivity index (χ1) is 8.72. The summed E-state index contributed by atoms with van der Waals surface area (Å²) in [5, 5.41) is 0. The third-order valence-electron chi connectivity index (χ3n) is 2.46. The maximum absolute atomic E-state index is 13.5. The Morgan fingerprint density at radius 2 is 1.89 bits per heavy atom. The number of methoxy groups -OCH3 is 2. The highest BCUT2D eigenvalue weighted by Crippen LogP contribution is 2.17. The van der Waals surface area contributed by atoms with Gasteiger partial charge in [-0.25, -0.2) is 4.39 Å². The topological polar surface area (TPSA) is 44.2 Å². The minimum atomic E-state index is -0.256. The molecule has 0 aliphatic heterocycles. The Bertz CT molecular complexity index is 524. The van der Waals surface area contributed by atoms with Crippen LogP contribution in [0.3, 0.4) is 0 Å². The molecule has 18 heavy (non-hydrogen) atoms. The van der Waals surface area contributed by atoms with Gasteiger partial charge in [-0.2, -0.15) is 9.97 Å². The predicted molar refractivity (Wildman–Crippen MR) is 64.3 cm³/mol. The first-order valence-electron chi connectivity index (χ1n) is 5.42. The first kappa shape index (κ1) is 12.3. The van der Waals surface area contributed by atoms with E-state index in [0.29, 0.717) is 23.6 Å². The summed E-state index contributed by atoms with van der Waals surface area (Å²) in [6.45, 7) is 0. The molecule has 0 saturated carbocycles. The van der Waals surface area contributed by atoms with Crippen LogP contribution in [-0.4, -0.2) is 24.2 Å². The van der Waals surface area contributed by atoms with E-state index in [4.69, 9.17) is 9.47 Å². The molecule has 1 aromatic carbocycles. The highest BCUT2D eigenvalue weighted by atomic mass is 19.1. The van der Waals surface area contributed by atoms with Gasteiger partial charge in [-0.1, -0.05) is 18.2 Å². The van der Waals surface area contributed by atoms with E-state index in [1.807, 2.05) is 0 Å². The van der Waals surface area contributed by atoms with Gasteiger partial charge in [0.2, 0.25) is 5.88 Å². The molecule has 0 amide bonds. The van der Waals surface area contributed by atoms with Crippen LogP contribution in [0.2, 0.25) is 0 Å². The Morgan fingerprint density at radius 3 is 2.56 bits per heavy atom. The quantitative estimate of drug-likeness (QED) is 0.832. The predicted octanol–water partition coefficient (Wildman–Crippen LogP) is 2.22. The maximum Gasteiger partial charge on any atom is 0.319 e. The molecular weight excluding hydrogens is 235 g/mol. The standard InChI is InChI=1S/C13H13FN2O2/c1-17-12-8-10(15-13(16-12)18-2)7-9-5-3-4-6-11(9)14/h3-6,8H,7H2,1-2H3. The van der Waals surface area contributed by atoms with Crippen molar-refractivity contribution in [1.82, 2.24) is 9.97 Å². The van der Waals surface area contributed by atoms with Crippen LogP contribution in [0.5, 0.6) is 11.9 Å². The third kappa shape index (κ3) is 2.74. The zero-order valence-corrected chi connectivity index (χ0v) is 10.2. The molecule has 0 spiro atoms. The summed E-state index contributed by atoms with van der Waals surface area (Å²) in [7, 11) is 2.98. The average Bonchev–Trinajstić information content (AvgIpc) is 2.41. The molecular formula is C13H13FN2O2. The molecule has 5 heteroatoms. The Labute approximate surface area is 104 Å². The first-order valence-corrected chi connectivity index (χ1v) is 5.42. The molecule has 1 aromatic heterocycles. The van der Waals surface area contributed by atoms with E-state index < -0.39 is 0 Å². The van der Waals surface area contributed by atoms with Gasteiger partial charge in [0, 0.05) is 12.5 Å². The lowest BCUT2D eigenvalue weighted by molar-refractivity contribution is 0.350. The van der Waals surface area contributed by atoms with Gasteiger partial charge in [0.05, 0.1) is 19.9 Å². The van der Waals surface area contributed by atoms with Gasteiger partial charge in [-0.3, -0.25) is 0 Å². The third-order valence-corrected chi connectivity index (χ3v) is 2.46. The number of hydrogen-bond acceptors (Lipinski definition) is 4. The molecule has 0 aliphatic carbocycles. The fraction of sp³-hybridized carbons (Fsp3) is 0.231. The van der Waals surface area contributed by atoms with Crippen LogP contribution in [0.15, 0.2) is 30.3 Å². The molecule has 4 nitrogen and oxygen atoms in total. The van der Waals surface area contributed by atoms with Crippen molar-refractivity contribution in [3.8, 4) is 11.9 Å². The van der Waals surface area contributed by atoms with Crippen LogP contribution in [0.25, 0.3) is 0 Å². The molecule has 2 rings (SSSR count). The highest BCUT2D eigenvalue weighted by molar-refractivity contribution is 5.26. The zero-order valence-electron chi connectivity index (χ0n) is 10.2. The number of nitrogens with zero attached hydrogens (tertiary/aromatic N) is 2. The van der Waals surface area contributed by atoms with Crippen molar-refractivity contribution in [2.24, 2.45) is 0 Å². The number of benzene rings is 1.